The van der Waals surface area contributed by atoms with Gasteiger partial charge in [-0.2, -0.15) is 0 Å². The highest BCUT2D eigenvalue weighted by Gasteiger charge is 2.51. The maximum Gasteiger partial charge on any atom is 0.480 e. The quantitative estimate of drug-likeness (QED) is 0.0619. The molecule has 38 heavy (non-hydrogen) atoms. The number of piperidine rings is 1. The summed E-state index contributed by atoms with van der Waals surface area (Å²) in [6.07, 6.45) is 18.1. The number of phosphoric acid groups is 1. The number of ether oxygens (including phenoxy) is 2. The van der Waals surface area contributed by atoms with Crippen molar-refractivity contribution < 1.29 is 36.9 Å². The number of likely N-dealkylation sites (tertiary alicyclic amines) is 1. The number of esters is 1. The maximum absolute atomic E-state index is 13.3. The number of fused-ring (bicyclic) bond motifs is 2. The fraction of sp³-hybridized carbons (Fsp3) is 0.966. The van der Waals surface area contributed by atoms with Crippen molar-refractivity contribution in [1.29, 1.82) is 0 Å². The first kappa shape index (κ1) is 33.7. The van der Waals surface area contributed by atoms with E-state index in [9.17, 15) is 9.36 Å². The van der Waals surface area contributed by atoms with Crippen molar-refractivity contribution in [1.82, 2.24) is 0 Å². The number of carbonyl (C=O) groups is 1. The minimum atomic E-state index is -3.76. The van der Waals surface area contributed by atoms with Gasteiger partial charge in [0.15, 0.2) is 6.10 Å². The van der Waals surface area contributed by atoms with E-state index in [4.69, 9.17) is 23.0 Å². The molecule has 0 spiro atoms. The molecule has 8 nitrogen and oxygen atoms in total. The van der Waals surface area contributed by atoms with E-state index < -0.39 is 26.0 Å². The summed E-state index contributed by atoms with van der Waals surface area (Å²) in [7, 11) is 0.362. The zero-order chi connectivity index (χ0) is 27.9. The molecule has 0 aromatic heterocycles. The van der Waals surface area contributed by atoms with E-state index in [0.717, 1.165) is 25.8 Å². The van der Waals surface area contributed by atoms with E-state index in [-0.39, 0.29) is 18.9 Å². The second kappa shape index (κ2) is 18.0. The molecule has 2 fully saturated rings. The lowest BCUT2D eigenvalue weighted by molar-refractivity contribution is -0.941. The highest BCUT2D eigenvalue weighted by atomic mass is 31.2. The maximum atomic E-state index is 13.3. The predicted molar refractivity (Wildman–Crippen MR) is 151 cm³/mol. The molecule has 2 aliphatic rings. The number of unbranched alkanes of at least 4 members (excludes halogenated alkanes) is 13. The molecule has 2 aliphatic heterocycles. The van der Waals surface area contributed by atoms with Gasteiger partial charge in [0.1, 0.15) is 6.10 Å². The van der Waals surface area contributed by atoms with Gasteiger partial charge < -0.3 is 14.0 Å². The summed E-state index contributed by atoms with van der Waals surface area (Å²) in [4.78, 5) is 11.7. The molecule has 0 saturated carbocycles. The molecule has 2 heterocycles. The zero-order valence-electron chi connectivity index (χ0n) is 25.0. The first-order chi connectivity index (χ1) is 18.1. The molecule has 0 amide bonds. The zero-order valence-corrected chi connectivity index (χ0v) is 25.9. The SMILES string of the molecule is CCCCCCCCCCCCCCCCOCC(OC(C)=O)C(C)OP1(=O)OC2CC[N+](C)(C)C(C2)O1. The van der Waals surface area contributed by atoms with E-state index in [1.165, 1.54) is 84.0 Å². The lowest BCUT2D eigenvalue weighted by Gasteiger charge is -2.47. The number of phosphoric ester groups is 1. The molecule has 0 radical (unpaired) electrons. The third kappa shape index (κ3) is 13.2. The van der Waals surface area contributed by atoms with Gasteiger partial charge in [0, 0.05) is 20.0 Å². The van der Waals surface area contributed by atoms with Crippen LogP contribution in [0.2, 0.25) is 0 Å². The first-order valence-electron chi connectivity index (χ1n) is 15.4. The lowest BCUT2D eigenvalue weighted by Crippen LogP contribution is -2.58. The van der Waals surface area contributed by atoms with Crippen molar-refractivity contribution >= 4 is 13.8 Å². The highest BCUT2D eigenvalue weighted by molar-refractivity contribution is 7.48. The molecule has 0 aromatic rings. The number of nitrogens with zero attached hydrogens (tertiary/aromatic N) is 1. The Morgan fingerprint density at radius 3 is 2.03 bits per heavy atom. The Kier molecular flexibility index (Phi) is 16.0. The fourth-order valence-electron chi connectivity index (χ4n) is 5.27. The van der Waals surface area contributed by atoms with Crippen LogP contribution in [0.5, 0.6) is 0 Å². The molecule has 0 aliphatic carbocycles. The summed E-state index contributed by atoms with van der Waals surface area (Å²) in [5, 5.41) is 0. The monoisotopic (exact) mass is 562 g/mol. The molecule has 2 saturated heterocycles. The van der Waals surface area contributed by atoms with E-state index in [1.54, 1.807) is 6.92 Å². The molecule has 0 N–H and O–H groups in total. The van der Waals surface area contributed by atoms with Crippen molar-refractivity contribution in [2.45, 2.75) is 148 Å². The average molecular weight is 563 g/mol. The number of carbonyl (C=O) groups excluding carboxylic acids is 1. The molecule has 9 heteroatoms. The molecule has 2 bridgehead atoms. The second-order valence-electron chi connectivity index (χ2n) is 11.9. The molecule has 0 aromatic carbocycles. The number of hydrogen-bond acceptors (Lipinski definition) is 7. The van der Waals surface area contributed by atoms with Crippen molar-refractivity contribution in [3.05, 3.63) is 0 Å². The van der Waals surface area contributed by atoms with Crippen LogP contribution in [-0.4, -0.2) is 68.8 Å². The Bertz CT molecular complexity index is 704. The van der Waals surface area contributed by atoms with Crippen LogP contribution in [0.4, 0.5) is 0 Å². The topological polar surface area (TPSA) is 80.3 Å². The van der Waals surface area contributed by atoms with Gasteiger partial charge in [-0.1, -0.05) is 90.4 Å². The van der Waals surface area contributed by atoms with Crippen molar-refractivity contribution in [2.24, 2.45) is 0 Å². The number of rotatable bonds is 21. The minimum absolute atomic E-state index is 0.137. The van der Waals surface area contributed by atoms with Gasteiger partial charge in [0.05, 0.1) is 39.8 Å². The van der Waals surface area contributed by atoms with Crippen LogP contribution in [0.15, 0.2) is 0 Å². The van der Waals surface area contributed by atoms with Gasteiger partial charge in [-0.05, 0) is 13.3 Å². The number of quaternary nitrogens is 1. The molecular formula is C29H57NO7P+. The summed E-state index contributed by atoms with van der Waals surface area (Å²) in [5.74, 6) is -0.427. The second-order valence-corrected chi connectivity index (χ2v) is 13.4. The van der Waals surface area contributed by atoms with Gasteiger partial charge in [-0.25, -0.2) is 9.09 Å². The largest absolute Gasteiger partial charge is 0.480 e. The Morgan fingerprint density at radius 1 is 0.921 bits per heavy atom. The van der Waals surface area contributed by atoms with Gasteiger partial charge >= 0.3 is 13.8 Å². The molecular weight excluding hydrogens is 505 g/mol. The average Bonchev–Trinajstić information content (AvgIpc) is 2.85. The van der Waals surface area contributed by atoms with E-state index >= 15 is 0 Å². The Balaban J connectivity index is 1.56. The van der Waals surface area contributed by atoms with Crippen LogP contribution in [0.25, 0.3) is 0 Å². The van der Waals surface area contributed by atoms with Crippen LogP contribution in [-0.2, 0) is 32.4 Å². The van der Waals surface area contributed by atoms with Crippen LogP contribution < -0.4 is 0 Å². The van der Waals surface area contributed by atoms with Gasteiger partial charge in [-0.15, -0.1) is 0 Å². The minimum Gasteiger partial charge on any atom is -0.457 e. The summed E-state index contributed by atoms with van der Waals surface area (Å²) in [5.41, 5.74) is 0. The van der Waals surface area contributed by atoms with Crippen LogP contribution in [0, 0.1) is 0 Å². The first-order valence-corrected chi connectivity index (χ1v) is 16.8. The van der Waals surface area contributed by atoms with Crippen LogP contribution in [0.3, 0.4) is 0 Å². The van der Waals surface area contributed by atoms with E-state index in [2.05, 4.69) is 21.0 Å². The Hall–Kier alpha value is -0.500. The fourth-order valence-corrected chi connectivity index (χ4v) is 7.16. The number of hydrogen-bond donors (Lipinski definition) is 0. The van der Waals surface area contributed by atoms with Crippen LogP contribution >= 0.6 is 7.82 Å². The summed E-state index contributed by atoms with van der Waals surface area (Å²) in [6.45, 7) is 7.03. The third-order valence-electron chi connectivity index (χ3n) is 7.86. The summed E-state index contributed by atoms with van der Waals surface area (Å²) < 4.78 is 42.5. The lowest BCUT2D eigenvalue weighted by atomic mass is 10.0. The van der Waals surface area contributed by atoms with Crippen molar-refractivity contribution in [3.63, 3.8) is 0 Å². The standard InChI is InChI=1S/C29H57NO7P/c1-6-7-8-9-10-11-12-13-14-15-16-17-18-19-22-33-24-28(34-26(3)31)25(2)35-38(32)36-27-20-21-30(4,5)29(23-27)37-38/h25,27-29H,6-24H2,1-5H3/q+1. The Labute approximate surface area is 232 Å². The van der Waals surface area contributed by atoms with Gasteiger partial charge in [-0.3, -0.25) is 13.8 Å². The normalized spacial score (nSPS) is 26.1. The molecule has 5 unspecified atom stereocenters. The van der Waals surface area contributed by atoms with Gasteiger partial charge in [0.2, 0.25) is 6.23 Å². The molecule has 5 atom stereocenters. The summed E-state index contributed by atoms with van der Waals surface area (Å²) >= 11 is 0. The predicted octanol–water partition coefficient (Wildman–Crippen LogP) is 7.54. The molecule has 224 valence electrons. The third-order valence-corrected chi connectivity index (χ3v) is 9.51. The Morgan fingerprint density at radius 2 is 1.47 bits per heavy atom. The smallest absolute Gasteiger partial charge is 0.457 e. The van der Waals surface area contributed by atoms with Gasteiger partial charge in [0.25, 0.3) is 0 Å². The molecule has 2 rings (SSSR count). The van der Waals surface area contributed by atoms with E-state index in [1.807, 2.05) is 0 Å². The van der Waals surface area contributed by atoms with Crippen LogP contribution in [0.1, 0.15) is 124 Å². The van der Waals surface area contributed by atoms with Crippen molar-refractivity contribution in [3.8, 4) is 0 Å². The highest BCUT2D eigenvalue weighted by Crippen LogP contribution is 2.59. The van der Waals surface area contributed by atoms with E-state index in [0.29, 0.717) is 17.5 Å². The van der Waals surface area contributed by atoms with Crippen molar-refractivity contribution in [2.75, 3.05) is 33.9 Å². The summed E-state index contributed by atoms with van der Waals surface area (Å²) in [6, 6.07) is 0.